The topological polar surface area (TPSA) is 79.4 Å². The summed E-state index contributed by atoms with van der Waals surface area (Å²) in [5, 5.41) is 3.21. The van der Waals surface area contributed by atoms with E-state index in [9.17, 15) is 13.2 Å². The van der Waals surface area contributed by atoms with E-state index in [0.717, 1.165) is 17.3 Å². The Kier molecular flexibility index (Phi) is 7.05. The Morgan fingerprint density at radius 1 is 1.14 bits per heavy atom. The molecule has 0 saturated carbocycles. The number of hydrogen-bond donors (Lipinski definition) is 1. The highest BCUT2D eigenvalue weighted by Crippen LogP contribution is 2.29. The van der Waals surface area contributed by atoms with E-state index in [1.165, 1.54) is 15.6 Å². The molecular formula is C20H22BrN3O3S2. The molecule has 154 valence electrons. The molecule has 6 nitrogen and oxygen atoms in total. The Balaban J connectivity index is 1.87. The Morgan fingerprint density at radius 2 is 1.86 bits per heavy atom. The summed E-state index contributed by atoms with van der Waals surface area (Å²) in [5.74, 6) is -0.268. The van der Waals surface area contributed by atoms with Gasteiger partial charge in [-0.25, -0.2) is 13.4 Å². The lowest BCUT2D eigenvalue weighted by Crippen LogP contribution is -2.32. The SMILES string of the molecule is CCCN(CCC)S(=O)(=O)c1ccc2nc(NC(=O)c3cccc(Br)c3)sc2c1. The van der Waals surface area contributed by atoms with Crippen LogP contribution in [0, 0.1) is 0 Å². The summed E-state index contributed by atoms with van der Waals surface area (Å²) >= 11 is 4.61. The van der Waals surface area contributed by atoms with E-state index in [1.807, 2.05) is 19.9 Å². The number of hydrogen-bond acceptors (Lipinski definition) is 5. The Hall–Kier alpha value is -1.81. The summed E-state index contributed by atoms with van der Waals surface area (Å²) in [5.41, 5.74) is 1.16. The molecule has 0 fully saturated rings. The minimum atomic E-state index is -3.56. The standard InChI is InChI=1S/C20H22BrN3O3S2/c1-3-10-24(11-4-2)29(26,27)16-8-9-17-18(13-16)28-20(22-17)23-19(25)14-6-5-7-15(21)12-14/h5-9,12-13H,3-4,10-11H2,1-2H3,(H,22,23,25). The van der Waals surface area contributed by atoms with Gasteiger partial charge in [0.15, 0.2) is 5.13 Å². The number of carbonyl (C=O) groups excluding carboxylic acids is 1. The van der Waals surface area contributed by atoms with E-state index in [2.05, 4.69) is 26.2 Å². The van der Waals surface area contributed by atoms with E-state index >= 15 is 0 Å². The number of aromatic nitrogens is 1. The number of sulfonamides is 1. The van der Waals surface area contributed by atoms with Crippen LogP contribution in [0.25, 0.3) is 10.2 Å². The molecule has 0 aliphatic rings. The van der Waals surface area contributed by atoms with Crippen LogP contribution in [-0.4, -0.2) is 36.7 Å². The van der Waals surface area contributed by atoms with E-state index in [0.29, 0.717) is 34.0 Å². The third-order valence-corrected chi connectivity index (χ3v) is 7.57. The normalized spacial score (nSPS) is 11.9. The van der Waals surface area contributed by atoms with Gasteiger partial charge in [-0.2, -0.15) is 4.31 Å². The van der Waals surface area contributed by atoms with Crippen molar-refractivity contribution >= 4 is 58.5 Å². The Morgan fingerprint density at radius 3 is 2.52 bits per heavy atom. The molecule has 0 saturated heterocycles. The van der Waals surface area contributed by atoms with Crippen LogP contribution in [0.1, 0.15) is 37.0 Å². The first-order chi connectivity index (χ1) is 13.8. The fraction of sp³-hybridized carbons (Fsp3) is 0.300. The van der Waals surface area contributed by atoms with Gasteiger partial charge < -0.3 is 0 Å². The number of nitrogens with one attached hydrogen (secondary N) is 1. The van der Waals surface area contributed by atoms with Crippen molar-refractivity contribution in [3.8, 4) is 0 Å². The molecule has 1 aromatic heterocycles. The molecule has 0 spiro atoms. The van der Waals surface area contributed by atoms with Gasteiger partial charge in [0, 0.05) is 23.1 Å². The first kappa shape index (κ1) is 21.9. The molecule has 3 rings (SSSR count). The maximum Gasteiger partial charge on any atom is 0.257 e. The summed E-state index contributed by atoms with van der Waals surface area (Å²) in [4.78, 5) is 17.1. The Bertz CT molecular complexity index is 1120. The van der Waals surface area contributed by atoms with Crippen LogP contribution in [0.3, 0.4) is 0 Å². The average molecular weight is 496 g/mol. The largest absolute Gasteiger partial charge is 0.298 e. The van der Waals surface area contributed by atoms with Gasteiger partial charge in [-0.05, 0) is 49.2 Å². The second-order valence-electron chi connectivity index (χ2n) is 6.52. The summed E-state index contributed by atoms with van der Waals surface area (Å²) in [6, 6.07) is 12.0. The van der Waals surface area contributed by atoms with E-state index < -0.39 is 10.0 Å². The number of nitrogens with zero attached hydrogens (tertiary/aromatic N) is 2. The molecule has 0 aliphatic carbocycles. The summed E-state index contributed by atoms with van der Waals surface area (Å²) in [7, 11) is -3.56. The molecule has 9 heteroatoms. The first-order valence-electron chi connectivity index (χ1n) is 9.32. The number of anilines is 1. The number of halogens is 1. The van der Waals surface area contributed by atoms with Gasteiger partial charge in [0.05, 0.1) is 15.1 Å². The van der Waals surface area contributed by atoms with E-state index in [1.54, 1.807) is 36.4 Å². The minimum Gasteiger partial charge on any atom is -0.298 e. The van der Waals surface area contributed by atoms with Crippen LogP contribution in [0.15, 0.2) is 51.8 Å². The van der Waals surface area contributed by atoms with E-state index in [4.69, 9.17) is 0 Å². The number of rotatable bonds is 8. The highest BCUT2D eigenvalue weighted by molar-refractivity contribution is 9.10. The monoisotopic (exact) mass is 495 g/mol. The number of carbonyl (C=O) groups is 1. The Labute approximate surface area is 183 Å². The number of thiazole rings is 1. The quantitative estimate of drug-likeness (QED) is 0.470. The van der Waals surface area contributed by atoms with Gasteiger partial charge in [-0.15, -0.1) is 0 Å². The fourth-order valence-corrected chi connectivity index (χ4v) is 5.94. The van der Waals surface area contributed by atoms with Gasteiger partial charge >= 0.3 is 0 Å². The zero-order valence-electron chi connectivity index (χ0n) is 16.2. The molecule has 0 aliphatic heterocycles. The molecule has 2 aromatic carbocycles. The average Bonchev–Trinajstić information content (AvgIpc) is 3.09. The van der Waals surface area contributed by atoms with Crippen molar-refractivity contribution in [1.82, 2.24) is 9.29 Å². The fourth-order valence-electron chi connectivity index (χ4n) is 2.92. The maximum atomic E-state index is 13.0. The van der Waals surface area contributed by atoms with Crippen molar-refractivity contribution in [2.75, 3.05) is 18.4 Å². The van der Waals surface area contributed by atoms with Crippen LogP contribution in [0.5, 0.6) is 0 Å². The third-order valence-electron chi connectivity index (χ3n) is 4.25. The van der Waals surface area contributed by atoms with Crippen LogP contribution < -0.4 is 5.32 Å². The van der Waals surface area contributed by atoms with Gasteiger partial charge in [-0.3, -0.25) is 10.1 Å². The number of fused-ring (bicyclic) bond motifs is 1. The molecule has 0 radical (unpaired) electrons. The summed E-state index contributed by atoms with van der Waals surface area (Å²) < 4.78 is 29.0. The molecule has 0 bridgehead atoms. The minimum absolute atomic E-state index is 0.250. The summed E-state index contributed by atoms with van der Waals surface area (Å²) in [6.07, 6.45) is 1.52. The predicted molar refractivity (Wildman–Crippen MR) is 121 cm³/mol. The van der Waals surface area contributed by atoms with Crippen molar-refractivity contribution < 1.29 is 13.2 Å². The molecule has 0 unspecified atom stereocenters. The van der Waals surface area contributed by atoms with Gasteiger partial charge in [0.25, 0.3) is 5.91 Å². The van der Waals surface area contributed by atoms with E-state index in [-0.39, 0.29) is 10.8 Å². The second kappa shape index (κ2) is 9.34. The van der Waals surface area contributed by atoms with Gasteiger partial charge in [0.2, 0.25) is 10.0 Å². The summed E-state index contributed by atoms with van der Waals surface area (Å²) in [6.45, 7) is 4.91. The highest BCUT2D eigenvalue weighted by Gasteiger charge is 2.24. The second-order valence-corrected chi connectivity index (χ2v) is 10.4. The molecule has 1 N–H and O–H groups in total. The maximum absolute atomic E-state index is 13.0. The lowest BCUT2D eigenvalue weighted by atomic mass is 10.2. The van der Waals surface area contributed by atoms with Gasteiger partial charge in [-0.1, -0.05) is 47.2 Å². The molecule has 1 amide bonds. The lowest BCUT2D eigenvalue weighted by Gasteiger charge is -2.20. The highest BCUT2D eigenvalue weighted by atomic mass is 79.9. The smallest absolute Gasteiger partial charge is 0.257 e. The van der Waals surface area contributed by atoms with Crippen LogP contribution >= 0.6 is 27.3 Å². The van der Waals surface area contributed by atoms with Crippen LogP contribution in [0.2, 0.25) is 0 Å². The molecule has 1 heterocycles. The third kappa shape index (κ3) is 5.03. The van der Waals surface area contributed by atoms with Crippen molar-refractivity contribution in [3.05, 3.63) is 52.5 Å². The zero-order chi connectivity index (χ0) is 21.0. The first-order valence-corrected chi connectivity index (χ1v) is 12.4. The molecule has 0 atom stereocenters. The van der Waals surface area contributed by atoms with Crippen molar-refractivity contribution in [3.63, 3.8) is 0 Å². The zero-order valence-corrected chi connectivity index (χ0v) is 19.4. The predicted octanol–water partition coefficient (Wildman–Crippen LogP) is 5.12. The van der Waals surface area contributed by atoms with Crippen molar-refractivity contribution in [1.29, 1.82) is 0 Å². The lowest BCUT2D eigenvalue weighted by molar-refractivity contribution is 0.102. The number of benzene rings is 2. The number of amides is 1. The van der Waals surface area contributed by atoms with Crippen LogP contribution in [-0.2, 0) is 10.0 Å². The molecule has 3 aromatic rings. The molecular weight excluding hydrogens is 474 g/mol. The molecule has 29 heavy (non-hydrogen) atoms. The van der Waals surface area contributed by atoms with Crippen LogP contribution in [0.4, 0.5) is 5.13 Å². The van der Waals surface area contributed by atoms with Gasteiger partial charge in [0.1, 0.15) is 0 Å². The van der Waals surface area contributed by atoms with Crippen molar-refractivity contribution in [2.45, 2.75) is 31.6 Å². The van der Waals surface area contributed by atoms with Crippen molar-refractivity contribution in [2.24, 2.45) is 0 Å².